The van der Waals surface area contributed by atoms with Crippen LogP contribution in [0.4, 0.5) is 4.39 Å². The van der Waals surface area contributed by atoms with Crippen LogP contribution in [-0.2, 0) is 0 Å². The molecule has 1 rings (SSSR count). The predicted molar refractivity (Wildman–Crippen MR) is 59.9 cm³/mol. The minimum atomic E-state index is -0.132. The van der Waals surface area contributed by atoms with Crippen LogP contribution in [0.25, 0.3) is 0 Å². The van der Waals surface area contributed by atoms with Gasteiger partial charge in [-0.25, -0.2) is 0 Å². The van der Waals surface area contributed by atoms with Crippen LogP contribution in [0.2, 0.25) is 0 Å². The van der Waals surface area contributed by atoms with Crippen LogP contribution in [-0.4, -0.2) is 6.67 Å². The first kappa shape index (κ1) is 12.0. The molecule has 0 saturated heterocycles. The van der Waals surface area contributed by atoms with Gasteiger partial charge in [0.2, 0.25) is 0 Å². The van der Waals surface area contributed by atoms with Gasteiger partial charge in [-0.15, -0.1) is 0 Å². The fraction of sp³-hybridized carbons (Fsp3) is 1.00. The Labute approximate surface area is 88.3 Å². The van der Waals surface area contributed by atoms with Crippen LogP contribution >= 0.6 is 0 Å². The van der Waals surface area contributed by atoms with Crippen molar-refractivity contribution in [1.29, 1.82) is 0 Å². The van der Waals surface area contributed by atoms with Gasteiger partial charge in [0.1, 0.15) is 0 Å². The van der Waals surface area contributed by atoms with E-state index in [1.165, 1.54) is 6.42 Å². The van der Waals surface area contributed by atoms with Gasteiger partial charge in [0.25, 0.3) is 0 Å². The third kappa shape index (κ3) is 1.83. The van der Waals surface area contributed by atoms with E-state index in [0.717, 1.165) is 5.92 Å². The van der Waals surface area contributed by atoms with Crippen LogP contribution in [0.1, 0.15) is 41.0 Å². The van der Waals surface area contributed by atoms with E-state index in [1.54, 1.807) is 0 Å². The molecule has 1 fully saturated rings. The standard InChI is InChI=1S/C13H25F/c1-6-12-8(2)10(4)13(7-14)11(5)9(12)3/h8-13H,6-7H2,1-5H3/t8?,9?,10-,11?,12?,13?/m0/s1. The summed E-state index contributed by atoms with van der Waals surface area (Å²) in [6.07, 6.45) is 1.25. The lowest BCUT2D eigenvalue weighted by molar-refractivity contribution is -0.00165. The summed E-state index contributed by atoms with van der Waals surface area (Å²) in [4.78, 5) is 0. The maximum atomic E-state index is 13.0. The van der Waals surface area contributed by atoms with Gasteiger partial charge in [0.05, 0.1) is 6.67 Å². The van der Waals surface area contributed by atoms with Gasteiger partial charge < -0.3 is 0 Å². The van der Waals surface area contributed by atoms with Crippen LogP contribution < -0.4 is 0 Å². The first-order valence-corrected chi connectivity index (χ1v) is 6.10. The van der Waals surface area contributed by atoms with Crippen molar-refractivity contribution in [3.63, 3.8) is 0 Å². The zero-order valence-electron chi connectivity index (χ0n) is 10.3. The Morgan fingerprint density at radius 3 is 1.43 bits per heavy atom. The summed E-state index contributed by atoms with van der Waals surface area (Å²) in [5.74, 6) is 3.57. The molecule has 0 spiro atoms. The van der Waals surface area contributed by atoms with Crippen LogP contribution in [0.3, 0.4) is 0 Å². The Hall–Kier alpha value is -0.0700. The average Bonchev–Trinajstić information content (AvgIpc) is 2.17. The molecule has 0 aliphatic heterocycles. The maximum Gasteiger partial charge on any atom is 0.0927 e. The summed E-state index contributed by atoms with van der Waals surface area (Å²) in [6.45, 7) is 11.2. The Morgan fingerprint density at radius 1 is 0.786 bits per heavy atom. The van der Waals surface area contributed by atoms with Gasteiger partial charge in [-0.05, 0) is 35.5 Å². The van der Waals surface area contributed by atoms with E-state index in [0.29, 0.717) is 29.6 Å². The minimum absolute atomic E-state index is 0.132. The zero-order valence-corrected chi connectivity index (χ0v) is 10.3. The van der Waals surface area contributed by atoms with Crippen molar-refractivity contribution in [2.24, 2.45) is 35.5 Å². The number of halogens is 1. The van der Waals surface area contributed by atoms with E-state index in [4.69, 9.17) is 0 Å². The van der Waals surface area contributed by atoms with Crippen molar-refractivity contribution in [1.82, 2.24) is 0 Å². The molecule has 0 radical (unpaired) electrons. The van der Waals surface area contributed by atoms with Crippen molar-refractivity contribution in [2.45, 2.75) is 41.0 Å². The molecule has 0 amide bonds. The molecular weight excluding hydrogens is 175 g/mol. The third-order valence-corrected chi connectivity index (χ3v) is 5.01. The SMILES string of the molecule is CCC1C(C)C(C)C(CF)[C@@H](C)C1C. The monoisotopic (exact) mass is 200 g/mol. The Bertz CT molecular complexity index is 142. The highest BCUT2D eigenvalue weighted by Gasteiger charge is 2.41. The number of rotatable bonds is 2. The fourth-order valence-electron chi connectivity index (χ4n) is 3.54. The van der Waals surface area contributed by atoms with Gasteiger partial charge >= 0.3 is 0 Å². The Morgan fingerprint density at radius 2 is 1.14 bits per heavy atom. The lowest BCUT2D eigenvalue weighted by Crippen LogP contribution is -2.42. The second-order valence-corrected chi connectivity index (χ2v) is 5.33. The molecule has 0 aromatic rings. The van der Waals surface area contributed by atoms with E-state index in [1.807, 2.05) is 0 Å². The van der Waals surface area contributed by atoms with Gasteiger partial charge in [0, 0.05) is 0 Å². The summed E-state index contributed by atoms with van der Waals surface area (Å²) >= 11 is 0. The molecule has 6 atom stereocenters. The highest BCUT2D eigenvalue weighted by atomic mass is 19.1. The van der Waals surface area contributed by atoms with Crippen molar-refractivity contribution >= 4 is 0 Å². The topological polar surface area (TPSA) is 0 Å². The summed E-state index contributed by atoms with van der Waals surface area (Å²) in [6, 6.07) is 0. The number of hydrogen-bond acceptors (Lipinski definition) is 0. The summed E-state index contributed by atoms with van der Waals surface area (Å²) in [7, 11) is 0. The molecule has 0 aromatic carbocycles. The molecule has 0 N–H and O–H groups in total. The third-order valence-electron chi connectivity index (χ3n) is 5.01. The second-order valence-electron chi connectivity index (χ2n) is 5.33. The van der Waals surface area contributed by atoms with E-state index < -0.39 is 0 Å². The highest BCUT2D eigenvalue weighted by molar-refractivity contribution is 4.90. The molecule has 1 aliphatic carbocycles. The summed E-state index contributed by atoms with van der Waals surface area (Å²) < 4.78 is 13.0. The molecule has 1 heteroatoms. The molecule has 1 aliphatic rings. The van der Waals surface area contributed by atoms with Gasteiger partial charge in [-0.2, -0.15) is 0 Å². The van der Waals surface area contributed by atoms with E-state index in [9.17, 15) is 4.39 Å². The summed E-state index contributed by atoms with van der Waals surface area (Å²) in [5, 5.41) is 0. The molecule has 0 bridgehead atoms. The fourth-order valence-corrected chi connectivity index (χ4v) is 3.54. The normalized spacial score (nSPS) is 49.3. The van der Waals surface area contributed by atoms with Gasteiger partial charge in [-0.3, -0.25) is 4.39 Å². The molecule has 5 unspecified atom stereocenters. The largest absolute Gasteiger partial charge is 0.251 e. The second kappa shape index (κ2) is 4.63. The van der Waals surface area contributed by atoms with Gasteiger partial charge in [0.15, 0.2) is 0 Å². The number of alkyl halides is 1. The zero-order chi connectivity index (χ0) is 10.9. The average molecular weight is 200 g/mol. The van der Waals surface area contributed by atoms with Crippen molar-refractivity contribution in [3.05, 3.63) is 0 Å². The highest BCUT2D eigenvalue weighted by Crippen LogP contribution is 2.46. The van der Waals surface area contributed by atoms with E-state index in [-0.39, 0.29) is 6.67 Å². The summed E-state index contributed by atoms with van der Waals surface area (Å²) in [5.41, 5.74) is 0. The molecule has 1 saturated carbocycles. The van der Waals surface area contributed by atoms with Crippen LogP contribution in [0, 0.1) is 35.5 Å². The first-order valence-electron chi connectivity index (χ1n) is 6.10. The maximum absolute atomic E-state index is 13.0. The van der Waals surface area contributed by atoms with Crippen LogP contribution in [0.15, 0.2) is 0 Å². The molecule has 0 nitrogen and oxygen atoms in total. The van der Waals surface area contributed by atoms with Crippen molar-refractivity contribution in [3.8, 4) is 0 Å². The van der Waals surface area contributed by atoms with Crippen molar-refractivity contribution in [2.75, 3.05) is 6.67 Å². The smallest absolute Gasteiger partial charge is 0.0927 e. The van der Waals surface area contributed by atoms with E-state index in [2.05, 4.69) is 34.6 Å². The quantitative estimate of drug-likeness (QED) is 0.628. The molecule has 84 valence electrons. The molecular formula is C13H25F. The molecule has 0 heterocycles. The lowest BCUT2D eigenvalue weighted by atomic mass is 9.58. The minimum Gasteiger partial charge on any atom is -0.251 e. The number of hydrogen-bond donors (Lipinski definition) is 0. The van der Waals surface area contributed by atoms with Gasteiger partial charge in [-0.1, -0.05) is 41.0 Å². The lowest BCUT2D eigenvalue weighted by Gasteiger charge is -2.47. The molecule has 14 heavy (non-hydrogen) atoms. The Balaban J connectivity index is 2.81. The van der Waals surface area contributed by atoms with Crippen LogP contribution in [0.5, 0.6) is 0 Å². The van der Waals surface area contributed by atoms with E-state index >= 15 is 0 Å². The van der Waals surface area contributed by atoms with Crippen molar-refractivity contribution < 1.29 is 4.39 Å². The predicted octanol–water partition coefficient (Wildman–Crippen LogP) is 4.16. The first-order chi connectivity index (χ1) is 6.54. The molecule has 0 aromatic heterocycles. The Kier molecular flexibility index (Phi) is 3.97.